The van der Waals surface area contributed by atoms with Crippen molar-refractivity contribution < 1.29 is 0 Å². The number of nitrogens with two attached hydrogens (primary N) is 1. The van der Waals surface area contributed by atoms with Crippen molar-refractivity contribution in [3.05, 3.63) is 12.5 Å². The molecule has 6 heteroatoms. The lowest BCUT2D eigenvalue weighted by Gasteiger charge is -1.93. The standard InChI is InChI=1S/C6H7N5.C2H3N/c1-11-6-4(2-10-11)5(7)8-3-9-6;1-2-3/h2-3H,1H3,(H2,7,8,9);1H3. The summed E-state index contributed by atoms with van der Waals surface area (Å²) in [6.45, 7) is 1.43. The summed E-state index contributed by atoms with van der Waals surface area (Å²) in [5.74, 6) is 0.475. The fourth-order valence-electron chi connectivity index (χ4n) is 0.980. The highest BCUT2D eigenvalue weighted by molar-refractivity contribution is 5.84. The van der Waals surface area contributed by atoms with Gasteiger partial charge in [0.2, 0.25) is 0 Å². The third-order valence-corrected chi connectivity index (χ3v) is 1.56. The van der Waals surface area contributed by atoms with Crippen molar-refractivity contribution >= 4 is 16.9 Å². The zero-order valence-electron chi connectivity index (χ0n) is 7.97. The SMILES string of the molecule is CC#N.Cn1ncc2c(N)ncnc21. The second-order valence-corrected chi connectivity index (χ2v) is 2.49. The van der Waals surface area contributed by atoms with Gasteiger partial charge in [0, 0.05) is 14.0 Å². The minimum absolute atomic E-state index is 0.475. The van der Waals surface area contributed by atoms with Crippen molar-refractivity contribution in [3.8, 4) is 6.07 Å². The van der Waals surface area contributed by atoms with E-state index in [4.69, 9.17) is 11.0 Å². The van der Waals surface area contributed by atoms with Crippen molar-refractivity contribution in [2.45, 2.75) is 6.92 Å². The van der Waals surface area contributed by atoms with E-state index >= 15 is 0 Å². The van der Waals surface area contributed by atoms with E-state index in [1.807, 2.05) is 7.05 Å². The topological polar surface area (TPSA) is 93.4 Å². The number of hydrogen-bond acceptors (Lipinski definition) is 5. The summed E-state index contributed by atoms with van der Waals surface area (Å²) in [5.41, 5.74) is 6.33. The van der Waals surface area contributed by atoms with Gasteiger partial charge in [0.15, 0.2) is 5.65 Å². The van der Waals surface area contributed by atoms with E-state index in [9.17, 15) is 0 Å². The maximum absolute atomic E-state index is 7.32. The van der Waals surface area contributed by atoms with Crippen molar-refractivity contribution in [2.24, 2.45) is 7.05 Å². The molecule has 2 aromatic rings. The fraction of sp³-hybridized carbons (Fsp3) is 0.250. The van der Waals surface area contributed by atoms with Crippen molar-refractivity contribution in [1.29, 1.82) is 5.26 Å². The molecule has 0 fully saturated rings. The molecule has 0 amide bonds. The molecule has 0 bridgehead atoms. The van der Waals surface area contributed by atoms with Gasteiger partial charge in [0.1, 0.15) is 12.1 Å². The molecule has 0 saturated heterocycles. The molecule has 0 saturated carbocycles. The molecule has 0 aliphatic heterocycles. The smallest absolute Gasteiger partial charge is 0.163 e. The van der Waals surface area contributed by atoms with Gasteiger partial charge in [0.25, 0.3) is 0 Å². The average molecular weight is 190 g/mol. The van der Waals surface area contributed by atoms with Crippen LogP contribution in [0, 0.1) is 11.3 Å². The Labute approximate surface area is 81.0 Å². The highest BCUT2D eigenvalue weighted by atomic mass is 15.3. The van der Waals surface area contributed by atoms with E-state index in [0.717, 1.165) is 11.0 Å². The number of nitrogens with zero attached hydrogens (tertiary/aromatic N) is 5. The quantitative estimate of drug-likeness (QED) is 0.651. The first kappa shape index (κ1) is 9.92. The molecule has 0 aliphatic carbocycles. The number of aryl methyl sites for hydroxylation is 1. The molecule has 2 N–H and O–H groups in total. The maximum atomic E-state index is 7.32. The first-order valence-electron chi connectivity index (χ1n) is 3.89. The minimum atomic E-state index is 0.475. The fourth-order valence-corrected chi connectivity index (χ4v) is 0.980. The average Bonchev–Trinajstić information content (AvgIpc) is 2.51. The number of nitriles is 1. The summed E-state index contributed by atoms with van der Waals surface area (Å²) < 4.78 is 1.66. The van der Waals surface area contributed by atoms with Crippen molar-refractivity contribution in [3.63, 3.8) is 0 Å². The zero-order valence-corrected chi connectivity index (χ0v) is 7.97. The van der Waals surface area contributed by atoms with E-state index in [2.05, 4.69) is 15.1 Å². The monoisotopic (exact) mass is 190 g/mol. The number of rotatable bonds is 0. The summed E-state index contributed by atoms with van der Waals surface area (Å²) in [5, 5.41) is 12.1. The minimum Gasteiger partial charge on any atom is -0.383 e. The molecule has 72 valence electrons. The van der Waals surface area contributed by atoms with Crippen LogP contribution in [0.25, 0.3) is 11.0 Å². The van der Waals surface area contributed by atoms with Gasteiger partial charge in [-0.05, 0) is 0 Å². The number of hydrogen-bond donors (Lipinski definition) is 1. The second kappa shape index (κ2) is 4.18. The van der Waals surface area contributed by atoms with Crippen molar-refractivity contribution in [1.82, 2.24) is 19.7 Å². The predicted molar refractivity (Wildman–Crippen MR) is 52.0 cm³/mol. The molecule has 2 heterocycles. The van der Waals surface area contributed by atoms with Gasteiger partial charge in [-0.25, -0.2) is 9.97 Å². The van der Waals surface area contributed by atoms with Crippen LogP contribution in [0.1, 0.15) is 6.92 Å². The van der Waals surface area contributed by atoms with Crippen LogP contribution in [0.4, 0.5) is 5.82 Å². The molecule has 2 rings (SSSR count). The summed E-state index contributed by atoms with van der Waals surface area (Å²) >= 11 is 0. The van der Waals surface area contributed by atoms with Crippen LogP contribution in [-0.4, -0.2) is 19.7 Å². The lowest BCUT2D eigenvalue weighted by atomic mass is 10.4. The Kier molecular flexibility index (Phi) is 2.97. The molecule has 0 aliphatic rings. The van der Waals surface area contributed by atoms with Gasteiger partial charge in [0.05, 0.1) is 17.7 Å². The van der Waals surface area contributed by atoms with Crippen LogP contribution in [0.3, 0.4) is 0 Å². The van der Waals surface area contributed by atoms with E-state index in [0.29, 0.717) is 5.82 Å². The van der Waals surface area contributed by atoms with E-state index in [1.54, 1.807) is 16.9 Å². The molecule has 0 atom stereocenters. The zero-order chi connectivity index (χ0) is 10.6. The number of aromatic nitrogens is 4. The highest BCUT2D eigenvalue weighted by Crippen LogP contribution is 2.13. The Morgan fingerprint density at radius 3 is 2.71 bits per heavy atom. The summed E-state index contributed by atoms with van der Waals surface area (Å²) in [6, 6.07) is 1.75. The third-order valence-electron chi connectivity index (χ3n) is 1.56. The Balaban J connectivity index is 0.000000293. The predicted octanol–water partition coefficient (Wildman–Crippen LogP) is 0.475. The molecule has 6 nitrogen and oxygen atoms in total. The summed E-state index contributed by atoms with van der Waals surface area (Å²) in [4.78, 5) is 7.84. The van der Waals surface area contributed by atoms with Crippen LogP contribution in [0.5, 0.6) is 0 Å². The molecular weight excluding hydrogens is 180 g/mol. The Morgan fingerprint density at radius 1 is 1.50 bits per heavy atom. The first-order valence-corrected chi connectivity index (χ1v) is 3.89. The van der Waals surface area contributed by atoms with Gasteiger partial charge >= 0.3 is 0 Å². The van der Waals surface area contributed by atoms with E-state index in [1.165, 1.54) is 13.3 Å². The van der Waals surface area contributed by atoms with Crippen LogP contribution >= 0.6 is 0 Å². The second-order valence-electron chi connectivity index (χ2n) is 2.49. The molecular formula is C8H10N6. The highest BCUT2D eigenvalue weighted by Gasteiger charge is 2.02. The molecule has 0 aromatic carbocycles. The molecule has 0 spiro atoms. The number of nitrogen functional groups attached to an aromatic ring is 1. The van der Waals surface area contributed by atoms with Gasteiger partial charge < -0.3 is 5.73 Å². The Hall–Kier alpha value is -2.16. The van der Waals surface area contributed by atoms with Crippen molar-refractivity contribution in [2.75, 3.05) is 5.73 Å². The van der Waals surface area contributed by atoms with E-state index in [-0.39, 0.29) is 0 Å². The molecule has 0 radical (unpaired) electrons. The molecule has 2 aromatic heterocycles. The molecule has 0 unspecified atom stereocenters. The van der Waals surface area contributed by atoms with Gasteiger partial charge in [-0.2, -0.15) is 10.4 Å². The molecule has 14 heavy (non-hydrogen) atoms. The van der Waals surface area contributed by atoms with Crippen LogP contribution in [0.15, 0.2) is 12.5 Å². The van der Waals surface area contributed by atoms with E-state index < -0.39 is 0 Å². The first-order chi connectivity index (χ1) is 6.70. The van der Waals surface area contributed by atoms with Gasteiger partial charge in [-0.15, -0.1) is 0 Å². The Bertz CT molecular complexity index is 466. The number of fused-ring (bicyclic) bond motifs is 1. The maximum Gasteiger partial charge on any atom is 0.163 e. The number of anilines is 1. The van der Waals surface area contributed by atoms with Crippen LogP contribution in [0.2, 0.25) is 0 Å². The summed E-state index contributed by atoms with van der Waals surface area (Å²) in [7, 11) is 1.81. The normalized spacial score (nSPS) is 8.93. The lowest BCUT2D eigenvalue weighted by Crippen LogP contribution is -1.95. The van der Waals surface area contributed by atoms with Crippen LogP contribution in [-0.2, 0) is 7.05 Å². The van der Waals surface area contributed by atoms with Gasteiger partial charge in [-0.3, -0.25) is 4.68 Å². The Morgan fingerprint density at radius 2 is 2.14 bits per heavy atom. The largest absolute Gasteiger partial charge is 0.383 e. The van der Waals surface area contributed by atoms with Crippen LogP contribution < -0.4 is 5.73 Å². The van der Waals surface area contributed by atoms with Gasteiger partial charge in [-0.1, -0.05) is 0 Å². The third kappa shape index (κ3) is 1.77. The lowest BCUT2D eigenvalue weighted by molar-refractivity contribution is 0.785. The summed E-state index contributed by atoms with van der Waals surface area (Å²) in [6.07, 6.45) is 3.09.